The average Bonchev–Trinajstić information content (AvgIpc) is 2.25. The zero-order valence-corrected chi connectivity index (χ0v) is 11.9. The first kappa shape index (κ1) is 16.7. The van der Waals surface area contributed by atoms with Crippen molar-refractivity contribution in [3.63, 3.8) is 0 Å². The van der Waals surface area contributed by atoms with E-state index in [1.54, 1.807) is 13.8 Å². The lowest BCUT2D eigenvalue weighted by Crippen LogP contribution is -2.41. The van der Waals surface area contributed by atoms with Crippen LogP contribution in [0.2, 0.25) is 0 Å². The highest BCUT2D eigenvalue weighted by molar-refractivity contribution is 7.89. The monoisotopic (exact) mass is 311 g/mol. The van der Waals surface area contributed by atoms with Crippen LogP contribution in [0.4, 0.5) is 19.0 Å². The summed E-state index contributed by atoms with van der Waals surface area (Å²) in [4.78, 5) is 3.18. The summed E-state index contributed by atoms with van der Waals surface area (Å²) in [6.45, 7) is 1.45. The molecule has 0 saturated heterocycles. The lowest BCUT2D eigenvalue weighted by atomic mass is 10.2. The molecule has 0 fully saturated rings. The number of hydrogen-bond acceptors (Lipinski definition) is 4. The van der Waals surface area contributed by atoms with Gasteiger partial charge in [0.15, 0.2) is 0 Å². The van der Waals surface area contributed by atoms with Crippen LogP contribution in [0.5, 0.6) is 0 Å². The fraction of sp³-hybridized carbons (Fsp3) is 0.545. The van der Waals surface area contributed by atoms with Gasteiger partial charge < -0.3 is 5.73 Å². The predicted octanol–water partition coefficient (Wildman–Crippen LogP) is 1.87. The van der Waals surface area contributed by atoms with E-state index in [4.69, 9.17) is 5.73 Å². The maximum Gasteiger partial charge on any atom is 0.402 e. The fourth-order valence-electron chi connectivity index (χ4n) is 1.61. The van der Waals surface area contributed by atoms with Gasteiger partial charge in [-0.3, -0.25) is 0 Å². The van der Waals surface area contributed by atoms with Gasteiger partial charge in [0.25, 0.3) is 0 Å². The summed E-state index contributed by atoms with van der Waals surface area (Å²) in [7, 11) is -4.33. The van der Waals surface area contributed by atoms with Crippen molar-refractivity contribution in [3.8, 4) is 0 Å². The molecule has 0 aliphatic heterocycles. The molecule has 114 valence electrons. The first-order valence-electron chi connectivity index (χ1n) is 5.81. The lowest BCUT2D eigenvalue weighted by molar-refractivity contribution is -0.136. The average molecular weight is 311 g/mol. The number of nitrogens with zero attached hydrogens (tertiary/aromatic N) is 2. The molecular formula is C11H16F3N3O2S. The SMILES string of the molecule is CC(C)CN(CC(F)(F)F)S(=O)(=O)c1cccnc1N. The van der Waals surface area contributed by atoms with E-state index in [0.29, 0.717) is 4.31 Å². The number of sulfonamides is 1. The first-order valence-corrected chi connectivity index (χ1v) is 7.25. The lowest BCUT2D eigenvalue weighted by Gasteiger charge is -2.25. The maximum absolute atomic E-state index is 12.5. The van der Waals surface area contributed by atoms with Crippen molar-refractivity contribution in [1.29, 1.82) is 0 Å². The second-order valence-corrected chi connectivity index (χ2v) is 6.60. The summed E-state index contributed by atoms with van der Waals surface area (Å²) in [5, 5.41) is 0. The van der Waals surface area contributed by atoms with Gasteiger partial charge in [0.1, 0.15) is 17.3 Å². The van der Waals surface area contributed by atoms with Crippen molar-refractivity contribution in [3.05, 3.63) is 18.3 Å². The molecule has 5 nitrogen and oxygen atoms in total. The number of nitrogens with two attached hydrogens (primary N) is 1. The molecule has 9 heteroatoms. The summed E-state index contributed by atoms with van der Waals surface area (Å²) < 4.78 is 62.6. The summed E-state index contributed by atoms with van der Waals surface area (Å²) in [6, 6.07) is 2.45. The third-order valence-corrected chi connectivity index (χ3v) is 4.20. The molecule has 0 aliphatic carbocycles. The van der Waals surface area contributed by atoms with E-state index < -0.39 is 27.6 Å². The number of halogens is 3. The molecule has 20 heavy (non-hydrogen) atoms. The fourth-order valence-corrected chi connectivity index (χ4v) is 3.27. The van der Waals surface area contributed by atoms with Crippen LogP contribution in [0.3, 0.4) is 0 Å². The zero-order valence-electron chi connectivity index (χ0n) is 11.1. The van der Waals surface area contributed by atoms with Crippen molar-refractivity contribution < 1.29 is 21.6 Å². The summed E-state index contributed by atoms with van der Waals surface area (Å²) in [5.41, 5.74) is 5.44. The first-order chi connectivity index (χ1) is 9.04. The standard InChI is InChI=1S/C11H16F3N3O2S/c1-8(2)6-17(7-11(12,13)14)20(18,19)9-4-3-5-16-10(9)15/h3-5,8H,6-7H2,1-2H3,(H2,15,16). The molecule has 0 spiro atoms. The zero-order chi connectivity index (χ0) is 15.6. The van der Waals surface area contributed by atoms with Crippen LogP contribution >= 0.6 is 0 Å². The Bertz CT molecular complexity index is 558. The van der Waals surface area contributed by atoms with Crippen LogP contribution in [0.25, 0.3) is 0 Å². The molecule has 0 radical (unpaired) electrons. The molecule has 0 saturated carbocycles. The predicted molar refractivity (Wildman–Crippen MR) is 68.3 cm³/mol. The van der Waals surface area contributed by atoms with Gasteiger partial charge in [0.2, 0.25) is 10.0 Å². The van der Waals surface area contributed by atoms with Gasteiger partial charge in [-0.05, 0) is 18.1 Å². The van der Waals surface area contributed by atoms with Crippen LogP contribution in [0.15, 0.2) is 23.2 Å². The maximum atomic E-state index is 12.5. The van der Waals surface area contributed by atoms with Crippen molar-refractivity contribution in [1.82, 2.24) is 9.29 Å². The number of rotatable bonds is 5. The van der Waals surface area contributed by atoms with E-state index in [1.165, 1.54) is 12.3 Å². The van der Waals surface area contributed by atoms with Crippen LogP contribution in [-0.4, -0.2) is 37.0 Å². The van der Waals surface area contributed by atoms with Crippen LogP contribution in [-0.2, 0) is 10.0 Å². The number of nitrogen functional groups attached to an aromatic ring is 1. The van der Waals surface area contributed by atoms with Crippen molar-refractivity contribution in [2.75, 3.05) is 18.8 Å². The van der Waals surface area contributed by atoms with E-state index in [-0.39, 0.29) is 18.3 Å². The minimum absolute atomic E-state index is 0.254. The van der Waals surface area contributed by atoms with Gasteiger partial charge in [0.05, 0.1) is 0 Å². The summed E-state index contributed by atoms with van der Waals surface area (Å²) >= 11 is 0. The third-order valence-electron chi connectivity index (χ3n) is 2.34. The Kier molecular flexibility index (Phi) is 4.98. The number of aromatic nitrogens is 1. The second kappa shape index (κ2) is 5.96. The number of pyridine rings is 1. The minimum atomic E-state index is -4.63. The Morgan fingerprint density at radius 3 is 2.45 bits per heavy atom. The van der Waals surface area contributed by atoms with E-state index in [2.05, 4.69) is 4.98 Å². The number of anilines is 1. The molecule has 0 atom stereocenters. The van der Waals surface area contributed by atoms with Crippen LogP contribution in [0, 0.1) is 5.92 Å². The van der Waals surface area contributed by atoms with Crippen molar-refractivity contribution in [2.24, 2.45) is 5.92 Å². The normalized spacial score (nSPS) is 13.2. The molecular weight excluding hydrogens is 295 g/mol. The summed E-state index contributed by atoms with van der Waals surface area (Å²) in [6.07, 6.45) is -3.36. The van der Waals surface area contributed by atoms with E-state index >= 15 is 0 Å². The second-order valence-electron chi connectivity index (χ2n) is 4.69. The Labute approximate surface area is 115 Å². The molecule has 0 aromatic carbocycles. The van der Waals surface area contributed by atoms with Crippen molar-refractivity contribution in [2.45, 2.75) is 24.9 Å². The molecule has 1 heterocycles. The Morgan fingerprint density at radius 2 is 2.00 bits per heavy atom. The van der Waals surface area contributed by atoms with Gasteiger partial charge in [-0.25, -0.2) is 13.4 Å². The molecule has 0 aliphatic rings. The van der Waals surface area contributed by atoms with Crippen LogP contribution < -0.4 is 5.73 Å². The Hall–Kier alpha value is -1.35. The van der Waals surface area contributed by atoms with Gasteiger partial charge in [-0.15, -0.1) is 0 Å². The Morgan fingerprint density at radius 1 is 1.40 bits per heavy atom. The highest BCUT2D eigenvalue weighted by atomic mass is 32.2. The Balaban J connectivity index is 3.21. The topological polar surface area (TPSA) is 76.3 Å². The molecule has 0 bridgehead atoms. The van der Waals surface area contributed by atoms with Gasteiger partial charge >= 0.3 is 6.18 Å². The van der Waals surface area contributed by atoms with E-state index in [0.717, 1.165) is 6.07 Å². The molecule has 0 amide bonds. The van der Waals surface area contributed by atoms with Gasteiger partial charge in [0, 0.05) is 12.7 Å². The largest absolute Gasteiger partial charge is 0.402 e. The third kappa shape index (κ3) is 4.34. The van der Waals surface area contributed by atoms with Crippen molar-refractivity contribution >= 4 is 15.8 Å². The highest BCUT2D eigenvalue weighted by Crippen LogP contribution is 2.25. The molecule has 2 N–H and O–H groups in total. The van der Waals surface area contributed by atoms with Crippen LogP contribution in [0.1, 0.15) is 13.8 Å². The quantitative estimate of drug-likeness (QED) is 0.900. The van der Waals surface area contributed by atoms with E-state index in [9.17, 15) is 21.6 Å². The minimum Gasteiger partial charge on any atom is -0.383 e. The highest BCUT2D eigenvalue weighted by Gasteiger charge is 2.38. The molecule has 1 rings (SSSR count). The smallest absolute Gasteiger partial charge is 0.383 e. The molecule has 1 aromatic rings. The van der Waals surface area contributed by atoms with E-state index in [1.807, 2.05) is 0 Å². The molecule has 0 unspecified atom stereocenters. The number of hydrogen-bond donors (Lipinski definition) is 1. The van der Waals surface area contributed by atoms with Gasteiger partial charge in [-0.1, -0.05) is 13.8 Å². The summed E-state index contributed by atoms with van der Waals surface area (Å²) in [5.74, 6) is -0.576. The molecule has 1 aromatic heterocycles. The van der Waals surface area contributed by atoms with Gasteiger partial charge in [-0.2, -0.15) is 17.5 Å². The number of alkyl halides is 3.